The Bertz CT molecular complexity index is 2070. The largest absolute Gasteiger partial charge is 0.491 e. The summed E-state index contributed by atoms with van der Waals surface area (Å²) >= 11 is 5.72. The van der Waals surface area contributed by atoms with E-state index in [4.69, 9.17) is 23.9 Å². The van der Waals surface area contributed by atoms with Crippen LogP contribution in [0.4, 0.5) is 0 Å². The lowest BCUT2D eigenvalue weighted by Gasteiger charge is -2.26. The molecule has 0 bridgehead atoms. The van der Waals surface area contributed by atoms with Crippen LogP contribution in [0.3, 0.4) is 0 Å². The zero-order valence-electron chi connectivity index (χ0n) is 27.0. The third-order valence-electron chi connectivity index (χ3n) is 7.27. The minimum Gasteiger partial charge on any atom is -0.491 e. The molecule has 48 heavy (non-hydrogen) atoms. The summed E-state index contributed by atoms with van der Waals surface area (Å²) in [5.74, 6) is 0.285. The molecule has 1 atom stereocenters. The van der Waals surface area contributed by atoms with Crippen molar-refractivity contribution in [1.82, 2.24) is 4.57 Å². The van der Waals surface area contributed by atoms with Gasteiger partial charge in [-0.05, 0) is 122 Å². The zero-order chi connectivity index (χ0) is 34.5. The summed E-state index contributed by atoms with van der Waals surface area (Å²) in [5, 5.41) is 0. The lowest BCUT2D eigenvalue weighted by Crippen LogP contribution is -2.40. The third-order valence-corrected chi connectivity index (χ3v) is 9.67. The molecule has 0 saturated heterocycles. The Morgan fingerprint density at radius 3 is 2.38 bits per heavy atom. The number of aromatic nitrogens is 1. The number of ether oxygens (including phenoxy) is 4. The van der Waals surface area contributed by atoms with Crippen LogP contribution in [0.1, 0.15) is 67.7 Å². The maximum Gasteiger partial charge on any atom is 0.338 e. The van der Waals surface area contributed by atoms with Crippen molar-refractivity contribution in [2.24, 2.45) is 4.99 Å². The first kappa shape index (κ1) is 35.8. The molecule has 9 nitrogen and oxygen atoms in total. The lowest BCUT2D eigenvalue weighted by molar-refractivity contribution is -0.139. The molecule has 250 valence electrons. The van der Waals surface area contributed by atoms with Crippen LogP contribution in [0.15, 0.2) is 81.7 Å². The van der Waals surface area contributed by atoms with Gasteiger partial charge in [-0.1, -0.05) is 41.7 Å². The van der Waals surface area contributed by atoms with Gasteiger partial charge in [0.05, 0.1) is 44.3 Å². The Labute approximate surface area is 309 Å². The molecule has 0 radical (unpaired) electrons. The Morgan fingerprint density at radius 2 is 1.69 bits per heavy atom. The number of esters is 2. The van der Waals surface area contributed by atoms with E-state index in [2.05, 4.69) is 45.2 Å². The van der Waals surface area contributed by atoms with Crippen LogP contribution in [0.2, 0.25) is 0 Å². The highest BCUT2D eigenvalue weighted by Gasteiger charge is 2.35. The van der Waals surface area contributed by atoms with Crippen LogP contribution in [0.5, 0.6) is 11.5 Å². The van der Waals surface area contributed by atoms with E-state index in [-0.39, 0.29) is 36.4 Å². The maximum atomic E-state index is 14.3. The van der Waals surface area contributed by atoms with E-state index < -0.39 is 12.0 Å². The molecule has 0 unspecified atom stereocenters. The summed E-state index contributed by atoms with van der Waals surface area (Å²) in [4.78, 5) is 45.0. The van der Waals surface area contributed by atoms with Gasteiger partial charge in [0.25, 0.3) is 5.56 Å². The maximum absolute atomic E-state index is 14.3. The molecule has 0 saturated carbocycles. The number of para-hydroxylation sites is 1. The Morgan fingerprint density at radius 1 is 1.00 bits per heavy atom. The molecular formula is C36H34I2N2O7S. The number of carbonyl (C=O) groups excluding carboxylic acids is 2. The quantitative estimate of drug-likeness (QED) is 0.124. The molecule has 1 aromatic heterocycles. The summed E-state index contributed by atoms with van der Waals surface area (Å²) in [7, 11) is 0. The number of nitrogens with zero attached hydrogens (tertiary/aromatic N) is 2. The average molecular weight is 893 g/mol. The molecule has 1 aliphatic heterocycles. The fraction of sp³-hybridized carbons (Fsp3) is 0.278. The number of carbonyl (C=O) groups is 2. The number of fused-ring (bicyclic) bond motifs is 1. The number of benzene rings is 3. The molecule has 0 aliphatic carbocycles. The predicted octanol–water partition coefficient (Wildman–Crippen LogP) is 6.55. The summed E-state index contributed by atoms with van der Waals surface area (Å²) in [6.07, 6.45) is 1.68. The third kappa shape index (κ3) is 7.86. The fourth-order valence-electron chi connectivity index (χ4n) is 5.24. The van der Waals surface area contributed by atoms with Crippen molar-refractivity contribution < 1.29 is 28.5 Å². The molecule has 0 spiro atoms. The van der Waals surface area contributed by atoms with Gasteiger partial charge < -0.3 is 18.9 Å². The second-order valence-corrected chi connectivity index (χ2v) is 14.4. The highest BCUT2D eigenvalue weighted by atomic mass is 127. The van der Waals surface area contributed by atoms with Gasteiger partial charge in [-0.2, -0.15) is 0 Å². The van der Waals surface area contributed by atoms with Gasteiger partial charge in [0.2, 0.25) is 0 Å². The van der Waals surface area contributed by atoms with Gasteiger partial charge in [0.15, 0.2) is 4.80 Å². The van der Waals surface area contributed by atoms with Crippen LogP contribution in [0.25, 0.3) is 6.08 Å². The molecule has 1 aliphatic rings. The molecule has 4 aromatic rings. The van der Waals surface area contributed by atoms with Crippen molar-refractivity contribution in [3.05, 3.63) is 121 Å². The molecule has 3 aromatic carbocycles. The van der Waals surface area contributed by atoms with E-state index in [1.807, 2.05) is 68.5 Å². The molecular weight excluding hydrogens is 858 g/mol. The van der Waals surface area contributed by atoms with Crippen molar-refractivity contribution in [2.45, 2.75) is 53.4 Å². The number of hydrogen-bond acceptors (Lipinski definition) is 9. The molecule has 2 heterocycles. The van der Waals surface area contributed by atoms with E-state index in [1.165, 1.54) is 11.3 Å². The van der Waals surface area contributed by atoms with Crippen molar-refractivity contribution >= 4 is 74.5 Å². The monoisotopic (exact) mass is 892 g/mol. The van der Waals surface area contributed by atoms with E-state index in [1.54, 1.807) is 37.5 Å². The minimum absolute atomic E-state index is 0.130. The Balaban J connectivity index is 1.60. The highest BCUT2D eigenvalue weighted by Crippen LogP contribution is 2.36. The number of hydrogen-bond donors (Lipinski definition) is 0. The summed E-state index contributed by atoms with van der Waals surface area (Å²) in [6, 6.07) is 17.7. The van der Waals surface area contributed by atoms with E-state index in [9.17, 15) is 14.4 Å². The summed E-state index contributed by atoms with van der Waals surface area (Å²) in [6.45, 7) is 9.86. The second-order valence-electron chi connectivity index (χ2n) is 11.0. The standard InChI is InChI=1S/C36H34I2N2O7S/c1-6-44-34(42)23-14-12-22(13-15-23)19-46-32-24(16-25(37)18-27(32)38)17-29-33(41)40-31(26-10-8-9-11-28(26)47-20(3)4)30(35(43)45-7-2)21(5)39-36(40)48-29/h8-18,20,31H,6-7,19H2,1-5H3/b29-17-/t31-/m0/s1. The molecule has 0 fully saturated rings. The smallest absolute Gasteiger partial charge is 0.338 e. The van der Waals surface area contributed by atoms with E-state index in [0.717, 1.165) is 18.3 Å². The van der Waals surface area contributed by atoms with Crippen molar-refractivity contribution in [1.29, 1.82) is 0 Å². The normalized spacial score (nSPS) is 14.4. The first-order chi connectivity index (χ1) is 23.0. The first-order valence-corrected chi connectivity index (χ1v) is 18.3. The van der Waals surface area contributed by atoms with Crippen LogP contribution >= 0.6 is 56.5 Å². The number of rotatable bonds is 11. The highest BCUT2D eigenvalue weighted by molar-refractivity contribution is 14.1. The number of halogens is 2. The van der Waals surface area contributed by atoms with Gasteiger partial charge in [0.1, 0.15) is 24.1 Å². The second kappa shape index (κ2) is 15.8. The summed E-state index contributed by atoms with van der Waals surface area (Å²) in [5.41, 5.74) is 3.20. The van der Waals surface area contributed by atoms with Crippen molar-refractivity contribution in [3.8, 4) is 11.5 Å². The van der Waals surface area contributed by atoms with Gasteiger partial charge in [-0.15, -0.1) is 0 Å². The van der Waals surface area contributed by atoms with E-state index >= 15 is 0 Å². The van der Waals surface area contributed by atoms with Crippen LogP contribution in [-0.4, -0.2) is 35.8 Å². The molecule has 5 rings (SSSR count). The number of thiazole rings is 1. The minimum atomic E-state index is -0.804. The number of allylic oxidation sites excluding steroid dienone is 1. The average Bonchev–Trinajstić information content (AvgIpc) is 3.34. The van der Waals surface area contributed by atoms with Gasteiger partial charge >= 0.3 is 11.9 Å². The van der Waals surface area contributed by atoms with E-state index in [0.29, 0.717) is 44.3 Å². The van der Waals surface area contributed by atoms with Crippen molar-refractivity contribution in [3.63, 3.8) is 0 Å². The van der Waals surface area contributed by atoms with Crippen LogP contribution in [-0.2, 0) is 20.9 Å². The van der Waals surface area contributed by atoms with Gasteiger partial charge in [0, 0.05) is 14.7 Å². The van der Waals surface area contributed by atoms with Crippen LogP contribution in [0, 0.1) is 7.14 Å². The molecule has 0 amide bonds. The Kier molecular flexibility index (Phi) is 11.8. The van der Waals surface area contributed by atoms with Gasteiger partial charge in [-0.25, -0.2) is 14.6 Å². The lowest BCUT2D eigenvalue weighted by atomic mass is 9.95. The Hall–Kier alpha value is -3.50. The van der Waals surface area contributed by atoms with Crippen LogP contribution < -0.4 is 24.4 Å². The fourth-order valence-corrected chi connectivity index (χ4v) is 8.32. The molecule has 12 heteroatoms. The molecule has 0 N–H and O–H groups in total. The SMILES string of the molecule is CCOC(=O)C1=C(C)N=c2s/c(=C\c3cc(I)cc(I)c3OCc3ccc(C(=O)OCC)cc3)c(=O)n2[C@H]1c1ccccc1OC(C)C. The van der Waals surface area contributed by atoms with Crippen molar-refractivity contribution in [2.75, 3.05) is 13.2 Å². The topological polar surface area (TPSA) is 105 Å². The first-order valence-electron chi connectivity index (χ1n) is 15.4. The predicted molar refractivity (Wildman–Crippen MR) is 201 cm³/mol. The van der Waals surface area contributed by atoms with Gasteiger partial charge in [-0.3, -0.25) is 9.36 Å². The summed E-state index contributed by atoms with van der Waals surface area (Å²) < 4.78 is 26.9. The zero-order valence-corrected chi connectivity index (χ0v) is 32.2.